The first kappa shape index (κ1) is 17.0. The summed E-state index contributed by atoms with van der Waals surface area (Å²) in [4.78, 5) is 29.0. The van der Waals surface area contributed by atoms with Crippen LogP contribution in [0.25, 0.3) is 0 Å². The molecule has 132 valence electrons. The maximum Gasteiger partial charge on any atom is 0.257 e. The maximum absolute atomic E-state index is 12.8. The first-order chi connectivity index (χ1) is 11.5. The topological polar surface area (TPSA) is 65.8 Å². The SMILES string of the molecule is CNCCN1C(=O)CC[C@H]2CN(C(=O)c3cc(C)oc3C)CC[C@H]21. The molecule has 6 heteroatoms. The number of fused-ring (bicyclic) bond motifs is 1. The van der Waals surface area contributed by atoms with Crippen molar-refractivity contribution in [1.29, 1.82) is 0 Å². The second kappa shape index (κ2) is 6.97. The Labute approximate surface area is 143 Å². The number of nitrogens with one attached hydrogen (secondary N) is 1. The fourth-order valence-electron chi connectivity index (χ4n) is 4.07. The summed E-state index contributed by atoms with van der Waals surface area (Å²) in [5.74, 6) is 2.15. The molecule has 2 saturated heterocycles. The Morgan fingerprint density at radius 1 is 1.38 bits per heavy atom. The molecule has 1 N–H and O–H groups in total. The Morgan fingerprint density at radius 3 is 2.83 bits per heavy atom. The standard InChI is InChI=1S/C18H27N3O3/c1-12-10-15(13(2)24-12)18(23)20-8-6-16-14(11-20)4-5-17(22)21(16)9-7-19-3/h10,14,16,19H,4-9,11H2,1-3H3/t14-,16+/m0/s1. The van der Waals surface area contributed by atoms with E-state index in [-0.39, 0.29) is 17.9 Å². The molecule has 2 aliphatic heterocycles. The molecule has 24 heavy (non-hydrogen) atoms. The maximum atomic E-state index is 12.8. The normalized spacial score (nSPS) is 24.2. The Hall–Kier alpha value is -1.82. The van der Waals surface area contributed by atoms with Crippen LogP contribution in [0.4, 0.5) is 0 Å². The van der Waals surface area contributed by atoms with Gasteiger partial charge >= 0.3 is 0 Å². The van der Waals surface area contributed by atoms with E-state index in [1.807, 2.05) is 36.8 Å². The molecule has 0 radical (unpaired) electrons. The van der Waals surface area contributed by atoms with E-state index in [1.54, 1.807) is 0 Å². The summed E-state index contributed by atoms with van der Waals surface area (Å²) in [6.07, 6.45) is 2.34. The molecule has 0 aliphatic carbocycles. The van der Waals surface area contributed by atoms with Gasteiger partial charge in [0.1, 0.15) is 11.5 Å². The lowest BCUT2D eigenvalue weighted by Gasteiger charge is -2.47. The van der Waals surface area contributed by atoms with Crippen LogP contribution in [-0.4, -0.2) is 60.9 Å². The van der Waals surface area contributed by atoms with Gasteiger partial charge in [0.15, 0.2) is 0 Å². The molecule has 0 saturated carbocycles. The number of carbonyl (C=O) groups excluding carboxylic acids is 2. The summed E-state index contributed by atoms with van der Waals surface area (Å²) in [5, 5.41) is 3.12. The molecule has 0 aromatic carbocycles. The van der Waals surface area contributed by atoms with Gasteiger partial charge < -0.3 is 19.5 Å². The molecule has 1 aromatic heterocycles. The molecule has 0 bridgehead atoms. The van der Waals surface area contributed by atoms with Crippen LogP contribution in [-0.2, 0) is 4.79 Å². The van der Waals surface area contributed by atoms with Crippen LogP contribution in [0.1, 0.15) is 41.1 Å². The van der Waals surface area contributed by atoms with E-state index < -0.39 is 0 Å². The lowest BCUT2D eigenvalue weighted by atomic mass is 9.83. The van der Waals surface area contributed by atoms with Crippen LogP contribution in [0.3, 0.4) is 0 Å². The molecular weight excluding hydrogens is 306 g/mol. The molecule has 3 heterocycles. The summed E-state index contributed by atoms with van der Waals surface area (Å²) < 4.78 is 5.50. The minimum absolute atomic E-state index is 0.0569. The third-order valence-corrected chi connectivity index (χ3v) is 5.30. The zero-order valence-electron chi connectivity index (χ0n) is 14.8. The Morgan fingerprint density at radius 2 is 2.17 bits per heavy atom. The number of aryl methyl sites for hydroxylation is 2. The minimum atomic E-state index is 0.0569. The highest BCUT2D eigenvalue weighted by Gasteiger charge is 2.40. The quantitative estimate of drug-likeness (QED) is 0.908. The van der Waals surface area contributed by atoms with Crippen LogP contribution in [0.15, 0.2) is 10.5 Å². The summed E-state index contributed by atoms with van der Waals surface area (Å²) >= 11 is 0. The number of amides is 2. The highest BCUT2D eigenvalue weighted by atomic mass is 16.3. The molecule has 3 rings (SSSR count). The molecular formula is C18H27N3O3. The minimum Gasteiger partial charge on any atom is -0.466 e. The zero-order chi connectivity index (χ0) is 17.3. The van der Waals surface area contributed by atoms with Gasteiger partial charge in [-0.1, -0.05) is 0 Å². The number of hydrogen-bond donors (Lipinski definition) is 1. The summed E-state index contributed by atoms with van der Waals surface area (Å²) in [6, 6.07) is 2.10. The molecule has 6 nitrogen and oxygen atoms in total. The van der Waals surface area contributed by atoms with Gasteiger partial charge in [-0.15, -0.1) is 0 Å². The van der Waals surface area contributed by atoms with Gasteiger partial charge in [-0.2, -0.15) is 0 Å². The second-order valence-electron chi connectivity index (χ2n) is 6.92. The molecule has 2 aliphatic rings. The van der Waals surface area contributed by atoms with Crippen molar-refractivity contribution in [2.24, 2.45) is 5.92 Å². The fourth-order valence-corrected chi connectivity index (χ4v) is 4.07. The molecule has 2 atom stereocenters. The van der Waals surface area contributed by atoms with Gasteiger partial charge in [-0.05, 0) is 45.7 Å². The lowest BCUT2D eigenvalue weighted by molar-refractivity contribution is -0.140. The van der Waals surface area contributed by atoms with Crippen molar-refractivity contribution in [3.8, 4) is 0 Å². The van der Waals surface area contributed by atoms with E-state index in [2.05, 4.69) is 5.32 Å². The zero-order valence-corrected chi connectivity index (χ0v) is 14.8. The van der Waals surface area contributed by atoms with Crippen molar-refractivity contribution in [2.45, 2.75) is 39.2 Å². The van der Waals surface area contributed by atoms with Crippen LogP contribution >= 0.6 is 0 Å². The van der Waals surface area contributed by atoms with Crippen molar-refractivity contribution in [2.75, 3.05) is 33.2 Å². The van der Waals surface area contributed by atoms with E-state index in [0.29, 0.717) is 30.2 Å². The van der Waals surface area contributed by atoms with E-state index in [1.165, 1.54) is 0 Å². The molecule has 2 fully saturated rings. The third kappa shape index (κ3) is 3.20. The average molecular weight is 333 g/mol. The van der Waals surface area contributed by atoms with Gasteiger partial charge in [-0.3, -0.25) is 9.59 Å². The highest BCUT2D eigenvalue weighted by molar-refractivity contribution is 5.95. The molecule has 0 unspecified atom stereocenters. The summed E-state index contributed by atoms with van der Waals surface area (Å²) in [6.45, 7) is 6.70. The van der Waals surface area contributed by atoms with Crippen LogP contribution in [0, 0.1) is 19.8 Å². The van der Waals surface area contributed by atoms with Crippen molar-refractivity contribution in [3.63, 3.8) is 0 Å². The molecule has 0 spiro atoms. The van der Waals surface area contributed by atoms with E-state index in [9.17, 15) is 9.59 Å². The van der Waals surface area contributed by atoms with Crippen LogP contribution in [0.2, 0.25) is 0 Å². The number of likely N-dealkylation sites (tertiary alicyclic amines) is 2. The van der Waals surface area contributed by atoms with Gasteiger partial charge in [0.25, 0.3) is 5.91 Å². The second-order valence-corrected chi connectivity index (χ2v) is 6.92. The number of nitrogens with zero attached hydrogens (tertiary/aromatic N) is 2. The highest BCUT2D eigenvalue weighted by Crippen LogP contribution is 2.32. The number of rotatable bonds is 4. The van der Waals surface area contributed by atoms with E-state index in [4.69, 9.17) is 4.42 Å². The van der Waals surface area contributed by atoms with E-state index in [0.717, 1.165) is 38.2 Å². The number of piperidine rings is 2. The number of hydrogen-bond acceptors (Lipinski definition) is 4. The Bertz CT molecular complexity index is 625. The van der Waals surface area contributed by atoms with Crippen molar-refractivity contribution in [1.82, 2.24) is 15.1 Å². The largest absolute Gasteiger partial charge is 0.466 e. The first-order valence-electron chi connectivity index (χ1n) is 8.81. The smallest absolute Gasteiger partial charge is 0.257 e. The van der Waals surface area contributed by atoms with Crippen LogP contribution in [0.5, 0.6) is 0 Å². The van der Waals surface area contributed by atoms with E-state index >= 15 is 0 Å². The summed E-state index contributed by atoms with van der Waals surface area (Å²) in [7, 11) is 1.91. The predicted octanol–water partition coefficient (Wildman–Crippen LogP) is 1.57. The van der Waals surface area contributed by atoms with Crippen LogP contribution < -0.4 is 5.32 Å². The number of likely N-dealkylation sites (N-methyl/N-ethyl adjacent to an activating group) is 1. The molecule has 1 aromatic rings. The summed E-state index contributed by atoms with van der Waals surface area (Å²) in [5.41, 5.74) is 0.671. The molecule has 2 amide bonds. The van der Waals surface area contributed by atoms with Gasteiger partial charge in [0.05, 0.1) is 5.56 Å². The van der Waals surface area contributed by atoms with Crippen molar-refractivity contribution < 1.29 is 14.0 Å². The Kier molecular flexibility index (Phi) is 4.94. The van der Waals surface area contributed by atoms with Crippen molar-refractivity contribution >= 4 is 11.8 Å². The van der Waals surface area contributed by atoms with Gasteiger partial charge in [0, 0.05) is 38.6 Å². The van der Waals surface area contributed by atoms with Gasteiger partial charge in [0.2, 0.25) is 5.91 Å². The van der Waals surface area contributed by atoms with Crippen molar-refractivity contribution in [3.05, 3.63) is 23.2 Å². The Balaban J connectivity index is 1.69. The average Bonchev–Trinajstić information content (AvgIpc) is 2.91. The number of furan rings is 1. The lowest BCUT2D eigenvalue weighted by Crippen LogP contribution is -2.57. The number of carbonyl (C=O) groups is 2. The monoisotopic (exact) mass is 333 g/mol. The fraction of sp³-hybridized carbons (Fsp3) is 0.667. The third-order valence-electron chi connectivity index (χ3n) is 5.30. The first-order valence-corrected chi connectivity index (χ1v) is 8.81. The predicted molar refractivity (Wildman–Crippen MR) is 90.9 cm³/mol. The van der Waals surface area contributed by atoms with Gasteiger partial charge in [-0.25, -0.2) is 0 Å².